The predicted octanol–water partition coefficient (Wildman–Crippen LogP) is 4.39. The van der Waals surface area contributed by atoms with E-state index in [1.54, 1.807) is 31.3 Å². The van der Waals surface area contributed by atoms with Crippen LogP contribution in [0.4, 0.5) is 19.0 Å². The number of alkyl halides is 3. The molecule has 44 heavy (non-hydrogen) atoms. The van der Waals surface area contributed by atoms with Gasteiger partial charge in [-0.2, -0.15) is 13.2 Å². The molecule has 3 aliphatic rings. The van der Waals surface area contributed by atoms with E-state index in [2.05, 4.69) is 19.9 Å². The molecule has 1 aromatic carbocycles. The summed E-state index contributed by atoms with van der Waals surface area (Å²) in [5, 5.41) is 0. The van der Waals surface area contributed by atoms with Gasteiger partial charge in [-0.1, -0.05) is 24.3 Å². The summed E-state index contributed by atoms with van der Waals surface area (Å²) in [7, 11) is 4.61. The van der Waals surface area contributed by atoms with Crippen molar-refractivity contribution in [2.24, 2.45) is 7.05 Å². The smallest absolute Gasteiger partial charge is 0.434 e. The fourth-order valence-corrected chi connectivity index (χ4v) is 5.76. The largest absolute Gasteiger partial charge is 0.480 e. The maximum Gasteiger partial charge on any atom is 0.434 e. The lowest BCUT2D eigenvalue weighted by molar-refractivity contribution is -0.140. The summed E-state index contributed by atoms with van der Waals surface area (Å²) < 4.78 is 46.5. The standard InChI is InChI=1S/C30H27F3N8O3/c1-39-14-20(30(31,32)33)37-24(39)18-6-4-16(5-7-18)13-41-25-19(27(42)40(2)29(10-11-29)28(41)43)12-34-23(38-25)21-22(17-8-9-17)35-15-36-26(21)44-3/h4-7,12,14-15,17H,8-11,13H2,1-3H3. The fraction of sp³-hybridized carbons (Fsp3) is 0.367. The highest BCUT2D eigenvalue weighted by Crippen LogP contribution is 2.48. The van der Waals surface area contributed by atoms with E-state index in [1.807, 2.05) is 0 Å². The lowest BCUT2D eigenvalue weighted by Gasteiger charge is -2.28. The average Bonchev–Trinajstić information content (AvgIpc) is 3.95. The van der Waals surface area contributed by atoms with Crippen LogP contribution in [0.15, 0.2) is 43.0 Å². The van der Waals surface area contributed by atoms with Gasteiger partial charge in [0, 0.05) is 38.0 Å². The number of methoxy groups -OCH3 is 1. The number of likely N-dealkylation sites (N-methyl/N-ethyl adjacent to an activating group) is 1. The van der Waals surface area contributed by atoms with Crippen molar-refractivity contribution in [2.75, 3.05) is 19.1 Å². The molecule has 0 saturated heterocycles. The van der Waals surface area contributed by atoms with Crippen LogP contribution < -0.4 is 9.64 Å². The number of halogens is 3. The zero-order valence-electron chi connectivity index (χ0n) is 24.1. The highest BCUT2D eigenvalue weighted by Gasteiger charge is 2.59. The number of rotatable bonds is 6. The average molecular weight is 605 g/mol. The lowest BCUT2D eigenvalue weighted by Crippen LogP contribution is -2.48. The van der Waals surface area contributed by atoms with Crippen LogP contribution in [0.1, 0.15) is 58.9 Å². The number of amides is 2. The number of hydrogen-bond acceptors (Lipinski definition) is 8. The number of carbonyl (C=O) groups excluding carboxylic acids is 2. The topological polar surface area (TPSA) is 119 Å². The number of anilines is 1. The molecule has 0 bridgehead atoms. The molecule has 2 amide bonds. The lowest BCUT2D eigenvalue weighted by atomic mass is 10.1. The third-order valence-corrected chi connectivity index (χ3v) is 8.51. The molecule has 7 rings (SSSR count). The number of benzene rings is 1. The maximum atomic E-state index is 14.1. The van der Waals surface area contributed by atoms with E-state index >= 15 is 0 Å². The number of nitrogens with zero attached hydrogens (tertiary/aromatic N) is 8. The summed E-state index contributed by atoms with van der Waals surface area (Å²) in [6.45, 7) is 0.0672. The Labute approximate surface area is 249 Å². The summed E-state index contributed by atoms with van der Waals surface area (Å²) in [4.78, 5) is 52.6. The molecule has 226 valence electrons. The Kier molecular flexibility index (Phi) is 6.23. The van der Waals surface area contributed by atoms with E-state index in [0.717, 1.165) is 24.7 Å². The summed E-state index contributed by atoms with van der Waals surface area (Å²) in [6.07, 6.45) is 2.20. The van der Waals surface area contributed by atoms with Crippen molar-refractivity contribution in [1.82, 2.24) is 34.4 Å². The fourth-order valence-electron chi connectivity index (χ4n) is 5.76. The molecule has 0 unspecified atom stereocenters. The first-order valence-corrected chi connectivity index (χ1v) is 14.1. The van der Waals surface area contributed by atoms with Crippen molar-refractivity contribution in [3.8, 4) is 28.7 Å². The summed E-state index contributed by atoms with van der Waals surface area (Å²) in [5.41, 5.74) is 0.671. The second-order valence-electron chi connectivity index (χ2n) is 11.4. The van der Waals surface area contributed by atoms with E-state index < -0.39 is 17.4 Å². The van der Waals surface area contributed by atoms with Crippen molar-refractivity contribution in [1.29, 1.82) is 0 Å². The van der Waals surface area contributed by atoms with Crippen LogP contribution >= 0.6 is 0 Å². The van der Waals surface area contributed by atoms with Crippen molar-refractivity contribution in [3.05, 3.63) is 65.5 Å². The maximum absolute atomic E-state index is 14.1. The molecule has 1 spiro atoms. The first kappa shape index (κ1) is 27.9. The first-order valence-electron chi connectivity index (χ1n) is 14.1. The molecule has 4 heterocycles. The molecule has 11 nitrogen and oxygen atoms in total. The summed E-state index contributed by atoms with van der Waals surface area (Å²) >= 11 is 0. The second-order valence-corrected chi connectivity index (χ2v) is 11.4. The Balaban J connectivity index is 1.29. The van der Waals surface area contributed by atoms with Crippen LogP contribution in [0.5, 0.6) is 5.88 Å². The van der Waals surface area contributed by atoms with Gasteiger partial charge in [-0.05, 0) is 31.2 Å². The van der Waals surface area contributed by atoms with E-state index in [9.17, 15) is 22.8 Å². The van der Waals surface area contributed by atoms with E-state index in [-0.39, 0.29) is 47.3 Å². The molecule has 4 aromatic rings. The zero-order chi connectivity index (χ0) is 31.0. The van der Waals surface area contributed by atoms with E-state index in [1.165, 1.54) is 41.0 Å². The Hall–Kier alpha value is -4.88. The molecule has 0 atom stereocenters. The van der Waals surface area contributed by atoms with Crippen LogP contribution in [0.2, 0.25) is 0 Å². The van der Waals surface area contributed by atoms with Crippen molar-refractivity contribution in [2.45, 2.75) is 49.9 Å². The number of aromatic nitrogens is 6. The molecule has 2 fully saturated rings. The SMILES string of the molecule is COc1ncnc(C2CC2)c1-c1ncc2c(n1)N(Cc1ccc(-c3nc(C(F)(F)F)cn3C)cc1)C(=O)C1(CC1)N(C)C2=O. The summed E-state index contributed by atoms with van der Waals surface area (Å²) in [6, 6.07) is 6.76. The van der Waals surface area contributed by atoms with Gasteiger partial charge in [0.25, 0.3) is 11.8 Å². The second kappa shape index (κ2) is 9.82. The Morgan fingerprint density at radius 1 is 1.02 bits per heavy atom. The molecule has 3 aromatic heterocycles. The minimum atomic E-state index is -4.56. The van der Waals surface area contributed by atoms with Crippen LogP contribution in [0.25, 0.3) is 22.8 Å². The highest BCUT2D eigenvalue weighted by atomic mass is 19.4. The number of ether oxygens (including phenoxy) is 1. The molecule has 2 saturated carbocycles. The van der Waals surface area contributed by atoms with E-state index in [4.69, 9.17) is 9.72 Å². The van der Waals surface area contributed by atoms with Gasteiger partial charge in [-0.15, -0.1) is 0 Å². The molecule has 2 aliphatic carbocycles. The summed E-state index contributed by atoms with van der Waals surface area (Å²) in [5.74, 6) is 0.461. The minimum Gasteiger partial charge on any atom is -0.480 e. The van der Waals surface area contributed by atoms with Gasteiger partial charge in [0.05, 0.1) is 19.3 Å². The number of aryl methyl sites for hydroxylation is 1. The normalized spacial score (nSPS) is 17.6. The van der Waals surface area contributed by atoms with Crippen molar-refractivity contribution < 1.29 is 27.5 Å². The Bertz CT molecular complexity index is 1810. The monoisotopic (exact) mass is 604 g/mol. The third-order valence-electron chi connectivity index (χ3n) is 8.51. The van der Waals surface area contributed by atoms with Gasteiger partial charge < -0.3 is 14.2 Å². The van der Waals surface area contributed by atoms with Gasteiger partial charge in [-0.25, -0.2) is 24.9 Å². The van der Waals surface area contributed by atoms with Gasteiger partial charge in [-0.3, -0.25) is 14.5 Å². The van der Waals surface area contributed by atoms with E-state index in [0.29, 0.717) is 35.4 Å². The van der Waals surface area contributed by atoms with Crippen LogP contribution in [0.3, 0.4) is 0 Å². The number of fused-ring (bicyclic) bond motifs is 1. The molecule has 1 aliphatic heterocycles. The van der Waals surface area contributed by atoms with Crippen LogP contribution in [-0.4, -0.2) is 65.9 Å². The predicted molar refractivity (Wildman–Crippen MR) is 150 cm³/mol. The van der Waals surface area contributed by atoms with Gasteiger partial charge >= 0.3 is 6.18 Å². The molecule has 14 heteroatoms. The van der Waals surface area contributed by atoms with Crippen LogP contribution in [0, 0.1) is 0 Å². The number of hydrogen-bond donors (Lipinski definition) is 0. The molecule has 0 radical (unpaired) electrons. The van der Waals surface area contributed by atoms with Gasteiger partial charge in [0.15, 0.2) is 17.3 Å². The molecular weight excluding hydrogens is 577 g/mol. The molecule has 0 N–H and O–H groups in total. The van der Waals surface area contributed by atoms with Gasteiger partial charge in [0.2, 0.25) is 5.88 Å². The minimum absolute atomic E-state index is 0.0672. The molecular formula is C30H27F3N8O3. The number of carbonyl (C=O) groups is 2. The number of imidazole rings is 1. The Morgan fingerprint density at radius 2 is 1.75 bits per heavy atom. The first-order chi connectivity index (χ1) is 21.0. The van der Waals surface area contributed by atoms with Crippen LogP contribution in [-0.2, 0) is 24.6 Å². The quantitative estimate of drug-likeness (QED) is 0.318. The van der Waals surface area contributed by atoms with Crippen molar-refractivity contribution in [3.63, 3.8) is 0 Å². The Morgan fingerprint density at radius 3 is 2.36 bits per heavy atom. The van der Waals surface area contributed by atoms with Crippen molar-refractivity contribution >= 4 is 17.6 Å². The highest BCUT2D eigenvalue weighted by molar-refractivity contribution is 6.13. The zero-order valence-corrected chi connectivity index (χ0v) is 24.1. The van der Waals surface area contributed by atoms with Gasteiger partial charge in [0.1, 0.15) is 28.8 Å². The third kappa shape index (κ3) is 4.47.